The third-order valence-corrected chi connectivity index (χ3v) is 3.46. The molecule has 14 heavy (non-hydrogen) atoms. The summed E-state index contributed by atoms with van der Waals surface area (Å²) in [5, 5.41) is 2.90. The number of likely N-dealkylation sites (tertiary alicyclic amines) is 1. The molecule has 2 rings (SSSR count). The van der Waals surface area contributed by atoms with Crippen LogP contribution in [-0.2, 0) is 0 Å². The van der Waals surface area contributed by atoms with Crippen molar-refractivity contribution >= 4 is 6.03 Å². The molecule has 0 spiro atoms. The number of fused-ring (bicyclic) bond motifs is 1. The minimum Gasteiger partial charge on any atom is -0.338 e. The molecule has 1 aliphatic heterocycles. The van der Waals surface area contributed by atoms with Crippen molar-refractivity contribution in [3.05, 3.63) is 0 Å². The first-order valence-corrected chi connectivity index (χ1v) is 5.50. The van der Waals surface area contributed by atoms with Gasteiger partial charge in [0, 0.05) is 19.6 Å². The van der Waals surface area contributed by atoms with E-state index in [1.807, 2.05) is 4.90 Å². The molecule has 80 valence electrons. The highest BCUT2D eigenvalue weighted by atomic mass is 16.2. The Morgan fingerprint density at radius 2 is 2.14 bits per heavy atom. The summed E-state index contributed by atoms with van der Waals surface area (Å²) in [4.78, 5) is 13.5. The molecule has 1 aliphatic carbocycles. The van der Waals surface area contributed by atoms with E-state index in [0.717, 1.165) is 32.6 Å². The summed E-state index contributed by atoms with van der Waals surface area (Å²) in [5.74, 6) is 2.10. The zero-order valence-electron chi connectivity index (χ0n) is 8.70. The lowest BCUT2D eigenvalue weighted by Gasteiger charge is -2.19. The molecule has 2 aliphatic rings. The van der Waals surface area contributed by atoms with Crippen molar-refractivity contribution in [1.82, 2.24) is 10.2 Å². The number of piperidine rings is 1. The molecular formula is C10H19N3O. The Balaban J connectivity index is 1.74. The molecule has 2 atom stereocenters. The van der Waals surface area contributed by atoms with Crippen LogP contribution in [0.5, 0.6) is 0 Å². The van der Waals surface area contributed by atoms with Crippen LogP contribution >= 0.6 is 0 Å². The van der Waals surface area contributed by atoms with Crippen molar-refractivity contribution in [1.29, 1.82) is 0 Å². The van der Waals surface area contributed by atoms with E-state index < -0.39 is 0 Å². The highest BCUT2D eigenvalue weighted by Gasteiger charge is 2.55. The van der Waals surface area contributed by atoms with Gasteiger partial charge in [-0.25, -0.2) is 4.79 Å². The number of nitrogens with two attached hydrogens (primary N) is 1. The van der Waals surface area contributed by atoms with Crippen molar-refractivity contribution in [3.8, 4) is 0 Å². The smallest absolute Gasteiger partial charge is 0.317 e. The molecule has 0 aromatic heterocycles. The maximum absolute atomic E-state index is 11.5. The molecule has 0 bridgehead atoms. The van der Waals surface area contributed by atoms with E-state index in [1.54, 1.807) is 0 Å². The molecular weight excluding hydrogens is 178 g/mol. The Bertz CT molecular complexity index is 219. The van der Waals surface area contributed by atoms with Crippen molar-refractivity contribution < 1.29 is 4.79 Å². The van der Waals surface area contributed by atoms with E-state index in [2.05, 4.69) is 12.2 Å². The van der Waals surface area contributed by atoms with Crippen LogP contribution in [0.3, 0.4) is 0 Å². The number of carbonyl (C=O) groups is 1. The zero-order chi connectivity index (χ0) is 10.1. The van der Waals surface area contributed by atoms with Gasteiger partial charge in [0.25, 0.3) is 0 Å². The van der Waals surface area contributed by atoms with Crippen LogP contribution in [0.4, 0.5) is 4.79 Å². The molecule has 2 fully saturated rings. The molecule has 0 aromatic rings. The average molecular weight is 197 g/mol. The summed E-state index contributed by atoms with van der Waals surface area (Å²) in [5.41, 5.74) is 5.61. The second-order valence-electron chi connectivity index (χ2n) is 4.36. The fourth-order valence-corrected chi connectivity index (χ4v) is 2.51. The molecule has 1 heterocycles. The van der Waals surface area contributed by atoms with Crippen LogP contribution in [-0.4, -0.2) is 37.1 Å². The van der Waals surface area contributed by atoms with Crippen molar-refractivity contribution in [2.24, 2.45) is 23.5 Å². The summed E-state index contributed by atoms with van der Waals surface area (Å²) in [6.07, 6.45) is 0.998. The third kappa shape index (κ3) is 1.59. The predicted octanol–water partition coefficient (Wildman–Crippen LogP) is 0.243. The molecule has 3 N–H and O–H groups in total. The molecule has 0 radical (unpaired) electrons. The van der Waals surface area contributed by atoms with Crippen molar-refractivity contribution in [3.63, 3.8) is 0 Å². The number of hydrogen-bond donors (Lipinski definition) is 2. The Morgan fingerprint density at radius 3 is 2.64 bits per heavy atom. The van der Waals surface area contributed by atoms with E-state index in [-0.39, 0.29) is 6.03 Å². The normalized spacial score (nSPS) is 34.1. The van der Waals surface area contributed by atoms with E-state index in [9.17, 15) is 4.79 Å². The van der Waals surface area contributed by atoms with Gasteiger partial charge in [0.1, 0.15) is 0 Å². The maximum Gasteiger partial charge on any atom is 0.317 e. The summed E-state index contributed by atoms with van der Waals surface area (Å²) in [7, 11) is 0. The first-order chi connectivity index (χ1) is 6.77. The standard InChI is InChI=1S/C10H19N3O/c1-2-3-12-10(14)13-5-8-7(4-11)9(8)6-13/h7-9H,2-6,11H2,1H3,(H,12,14). The summed E-state index contributed by atoms with van der Waals surface area (Å²) in [6, 6.07) is 0.106. The molecule has 1 saturated carbocycles. The van der Waals surface area contributed by atoms with Gasteiger partial charge >= 0.3 is 6.03 Å². The maximum atomic E-state index is 11.5. The van der Waals surface area contributed by atoms with Crippen molar-refractivity contribution in [2.75, 3.05) is 26.2 Å². The highest BCUT2D eigenvalue weighted by molar-refractivity contribution is 5.74. The largest absolute Gasteiger partial charge is 0.338 e. The highest BCUT2D eigenvalue weighted by Crippen LogP contribution is 2.50. The van der Waals surface area contributed by atoms with Gasteiger partial charge in [0.15, 0.2) is 0 Å². The fraction of sp³-hybridized carbons (Fsp3) is 0.900. The monoisotopic (exact) mass is 197 g/mol. The quantitative estimate of drug-likeness (QED) is 0.681. The lowest BCUT2D eigenvalue weighted by molar-refractivity contribution is 0.201. The average Bonchev–Trinajstić information content (AvgIpc) is 2.66. The van der Waals surface area contributed by atoms with Crippen LogP contribution in [0.25, 0.3) is 0 Å². The van der Waals surface area contributed by atoms with E-state index >= 15 is 0 Å². The molecule has 0 aromatic carbocycles. The summed E-state index contributed by atoms with van der Waals surface area (Å²) in [6.45, 7) is 5.47. The minimum atomic E-state index is 0.106. The first-order valence-electron chi connectivity index (χ1n) is 5.50. The molecule has 2 unspecified atom stereocenters. The van der Waals surface area contributed by atoms with Gasteiger partial charge in [-0.15, -0.1) is 0 Å². The van der Waals surface area contributed by atoms with E-state index in [0.29, 0.717) is 17.8 Å². The van der Waals surface area contributed by atoms with Crippen LogP contribution < -0.4 is 11.1 Å². The fourth-order valence-electron chi connectivity index (χ4n) is 2.51. The molecule has 2 amide bonds. The predicted molar refractivity (Wildman–Crippen MR) is 54.8 cm³/mol. The van der Waals surface area contributed by atoms with Gasteiger partial charge < -0.3 is 16.0 Å². The second kappa shape index (κ2) is 3.77. The van der Waals surface area contributed by atoms with Crippen LogP contribution in [0.2, 0.25) is 0 Å². The minimum absolute atomic E-state index is 0.106. The third-order valence-electron chi connectivity index (χ3n) is 3.46. The molecule has 4 nitrogen and oxygen atoms in total. The van der Waals surface area contributed by atoms with Gasteiger partial charge in [-0.05, 0) is 30.7 Å². The Labute approximate surface area is 84.8 Å². The SMILES string of the molecule is CCCNC(=O)N1CC2C(CN)C2C1. The van der Waals surface area contributed by atoms with Gasteiger partial charge in [0.2, 0.25) is 0 Å². The van der Waals surface area contributed by atoms with Gasteiger partial charge in [-0.2, -0.15) is 0 Å². The second-order valence-corrected chi connectivity index (χ2v) is 4.36. The van der Waals surface area contributed by atoms with E-state index in [1.165, 1.54) is 0 Å². The number of nitrogens with one attached hydrogen (secondary N) is 1. The lowest BCUT2D eigenvalue weighted by Crippen LogP contribution is -2.40. The zero-order valence-corrected chi connectivity index (χ0v) is 8.70. The topological polar surface area (TPSA) is 58.4 Å². The summed E-state index contributed by atoms with van der Waals surface area (Å²) >= 11 is 0. The first kappa shape index (κ1) is 9.77. The van der Waals surface area contributed by atoms with Crippen LogP contribution in [0.1, 0.15) is 13.3 Å². The van der Waals surface area contributed by atoms with Gasteiger partial charge in [0.05, 0.1) is 0 Å². The van der Waals surface area contributed by atoms with Crippen molar-refractivity contribution in [2.45, 2.75) is 13.3 Å². The van der Waals surface area contributed by atoms with Crippen LogP contribution in [0, 0.1) is 17.8 Å². The summed E-state index contributed by atoms with van der Waals surface area (Å²) < 4.78 is 0. The molecule has 4 heteroatoms. The number of carbonyl (C=O) groups excluding carboxylic acids is 1. The Kier molecular flexibility index (Phi) is 2.63. The Morgan fingerprint density at radius 1 is 1.50 bits per heavy atom. The molecule has 1 saturated heterocycles. The Hall–Kier alpha value is -0.770. The number of hydrogen-bond acceptors (Lipinski definition) is 2. The number of urea groups is 1. The van der Waals surface area contributed by atoms with Gasteiger partial charge in [-0.1, -0.05) is 6.92 Å². The van der Waals surface area contributed by atoms with E-state index in [4.69, 9.17) is 5.73 Å². The number of rotatable bonds is 3. The lowest BCUT2D eigenvalue weighted by atomic mass is 10.3. The van der Waals surface area contributed by atoms with Gasteiger partial charge in [-0.3, -0.25) is 0 Å². The number of amides is 2. The number of nitrogens with zero attached hydrogens (tertiary/aromatic N) is 1. The van der Waals surface area contributed by atoms with Crippen LogP contribution in [0.15, 0.2) is 0 Å².